The molecule has 0 N–H and O–H groups in total. The molecule has 9 rings (SSSR count). The Morgan fingerprint density at radius 2 is 1.00 bits per heavy atom. The summed E-state index contributed by atoms with van der Waals surface area (Å²) in [4.78, 5) is 2.35. The first kappa shape index (κ1) is 27.5. The second kappa shape index (κ2) is 10.6. The molecule has 0 aliphatic heterocycles. The molecule has 7 aromatic carbocycles. The van der Waals surface area contributed by atoms with Crippen molar-refractivity contribution < 1.29 is 0 Å². The third-order valence-corrected chi connectivity index (χ3v) is 9.95. The molecule has 0 fully saturated rings. The molecule has 1 heterocycles. The van der Waals surface area contributed by atoms with Crippen LogP contribution in [0.5, 0.6) is 0 Å². The standard InChI is InChI=1S/C45H34N2/c1-45(2)41-27-32(31-15-7-3-8-16-31)23-25-37(41)38-29-40-39-28-36(46(33-17-9-4-10-18-33)34-19-11-5-12-20-34)24-26-43(39)47(44(40)30-42(38)45)35-21-13-6-14-22-35/h3-30H,1-2H3. The molecule has 0 atom stereocenters. The second-order valence-electron chi connectivity index (χ2n) is 13.0. The molecule has 224 valence electrons. The normalized spacial score (nSPS) is 13.1. The van der Waals surface area contributed by atoms with Gasteiger partial charge in [-0.1, -0.05) is 111 Å². The van der Waals surface area contributed by atoms with Gasteiger partial charge in [-0.15, -0.1) is 0 Å². The number of hydrogen-bond donors (Lipinski definition) is 0. The molecule has 0 bridgehead atoms. The molecule has 0 unspecified atom stereocenters. The maximum absolute atomic E-state index is 2.46. The Balaban J connectivity index is 1.31. The van der Waals surface area contributed by atoms with Gasteiger partial charge in [0.1, 0.15) is 0 Å². The van der Waals surface area contributed by atoms with Crippen LogP contribution in [-0.4, -0.2) is 4.57 Å². The van der Waals surface area contributed by atoms with Crippen molar-refractivity contribution in [2.75, 3.05) is 4.90 Å². The highest BCUT2D eigenvalue weighted by Crippen LogP contribution is 2.52. The average Bonchev–Trinajstić information content (AvgIpc) is 3.56. The molecular weight excluding hydrogens is 569 g/mol. The van der Waals surface area contributed by atoms with Crippen LogP contribution in [0.3, 0.4) is 0 Å². The Morgan fingerprint density at radius 3 is 1.66 bits per heavy atom. The summed E-state index contributed by atoms with van der Waals surface area (Å²) in [5.74, 6) is 0. The molecule has 0 saturated heterocycles. The van der Waals surface area contributed by atoms with Gasteiger partial charge >= 0.3 is 0 Å². The Hall–Kier alpha value is -5.86. The van der Waals surface area contributed by atoms with E-state index in [1.165, 1.54) is 60.9 Å². The number of rotatable bonds is 5. The highest BCUT2D eigenvalue weighted by Gasteiger charge is 2.36. The third kappa shape index (κ3) is 4.33. The van der Waals surface area contributed by atoms with E-state index in [-0.39, 0.29) is 5.41 Å². The monoisotopic (exact) mass is 602 g/mol. The van der Waals surface area contributed by atoms with E-state index in [1.54, 1.807) is 0 Å². The maximum Gasteiger partial charge on any atom is 0.0544 e. The fourth-order valence-electron chi connectivity index (χ4n) is 7.64. The third-order valence-electron chi connectivity index (χ3n) is 9.95. The number of hydrogen-bond acceptors (Lipinski definition) is 1. The van der Waals surface area contributed by atoms with E-state index in [2.05, 4.69) is 193 Å². The molecule has 8 aromatic rings. The minimum atomic E-state index is -0.135. The van der Waals surface area contributed by atoms with Crippen molar-refractivity contribution in [2.45, 2.75) is 19.3 Å². The number of fused-ring (bicyclic) bond motifs is 6. The van der Waals surface area contributed by atoms with Crippen LogP contribution < -0.4 is 4.90 Å². The van der Waals surface area contributed by atoms with Crippen LogP contribution in [0, 0.1) is 0 Å². The lowest BCUT2D eigenvalue weighted by Gasteiger charge is -2.25. The molecule has 47 heavy (non-hydrogen) atoms. The topological polar surface area (TPSA) is 8.17 Å². The van der Waals surface area contributed by atoms with Gasteiger partial charge in [0.25, 0.3) is 0 Å². The lowest BCUT2D eigenvalue weighted by atomic mass is 9.81. The zero-order valence-corrected chi connectivity index (χ0v) is 26.6. The SMILES string of the molecule is CC1(C)c2cc(-c3ccccc3)ccc2-c2cc3c4cc(N(c5ccccc5)c5ccccc5)ccc4n(-c4ccccc4)c3cc21. The lowest BCUT2D eigenvalue weighted by Crippen LogP contribution is -2.15. The minimum absolute atomic E-state index is 0.135. The zero-order chi connectivity index (χ0) is 31.5. The summed E-state index contributed by atoms with van der Waals surface area (Å²) < 4.78 is 2.44. The van der Waals surface area contributed by atoms with E-state index >= 15 is 0 Å². The molecule has 0 amide bonds. The number of anilines is 3. The van der Waals surface area contributed by atoms with Crippen LogP contribution in [-0.2, 0) is 5.41 Å². The Morgan fingerprint density at radius 1 is 0.426 bits per heavy atom. The molecule has 1 aliphatic carbocycles. The van der Waals surface area contributed by atoms with Gasteiger partial charge in [-0.25, -0.2) is 0 Å². The van der Waals surface area contributed by atoms with Gasteiger partial charge in [-0.2, -0.15) is 0 Å². The van der Waals surface area contributed by atoms with Gasteiger partial charge in [0.2, 0.25) is 0 Å². The van der Waals surface area contributed by atoms with Gasteiger partial charge in [0.15, 0.2) is 0 Å². The van der Waals surface area contributed by atoms with Crippen LogP contribution in [0.4, 0.5) is 17.1 Å². The molecule has 2 heteroatoms. The zero-order valence-electron chi connectivity index (χ0n) is 26.6. The van der Waals surface area contributed by atoms with Crippen molar-refractivity contribution in [1.82, 2.24) is 4.57 Å². The quantitative estimate of drug-likeness (QED) is 0.190. The first-order valence-corrected chi connectivity index (χ1v) is 16.4. The van der Waals surface area contributed by atoms with Crippen molar-refractivity contribution in [3.8, 4) is 27.9 Å². The van der Waals surface area contributed by atoms with Crippen LogP contribution >= 0.6 is 0 Å². The van der Waals surface area contributed by atoms with E-state index in [0.717, 1.165) is 17.1 Å². The fourth-order valence-corrected chi connectivity index (χ4v) is 7.64. The number of nitrogens with zero attached hydrogens (tertiary/aromatic N) is 2. The first-order chi connectivity index (χ1) is 23.1. The minimum Gasteiger partial charge on any atom is -0.310 e. The number of benzene rings is 7. The van der Waals surface area contributed by atoms with Crippen molar-refractivity contribution in [3.05, 3.63) is 181 Å². The molecular formula is C45H34N2. The Bertz CT molecular complexity index is 2370. The first-order valence-electron chi connectivity index (χ1n) is 16.4. The number of aromatic nitrogens is 1. The summed E-state index contributed by atoms with van der Waals surface area (Å²) in [6, 6.07) is 61.7. The summed E-state index contributed by atoms with van der Waals surface area (Å²) in [5, 5.41) is 2.51. The summed E-state index contributed by atoms with van der Waals surface area (Å²) in [6.45, 7) is 4.76. The van der Waals surface area contributed by atoms with Gasteiger partial charge in [0, 0.05) is 38.9 Å². The largest absolute Gasteiger partial charge is 0.310 e. The smallest absolute Gasteiger partial charge is 0.0544 e. The molecule has 0 saturated carbocycles. The molecule has 0 spiro atoms. The average molecular weight is 603 g/mol. The van der Waals surface area contributed by atoms with Crippen LogP contribution in [0.2, 0.25) is 0 Å². The van der Waals surface area contributed by atoms with Crippen LogP contribution in [0.25, 0.3) is 49.7 Å². The van der Waals surface area contributed by atoms with E-state index in [9.17, 15) is 0 Å². The molecule has 1 aromatic heterocycles. The highest BCUT2D eigenvalue weighted by molar-refractivity contribution is 6.13. The predicted molar refractivity (Wildman–Crippen MR) is 198 cm³/mol. The second-order valence-corrected chi connectivity index (χ2v) is 13.0. The highest BCUT2D eigenvalue weighted by atomic mass is 15.1. The predicted octanol–water partition coefficient (Wildman–Crippen LogP) is 12.2. The van der Waals surface area contributed by atoms with Crippen LogP contribution in [0.1, 0.15) is 25.0 Å². The van der Waals surface area contributed by atoms with Crippen molar-refractivity contribution >= 4 is 38.9 Å². The van der Waals surface area contributed by atoms with E-state index in [1.807, 2.05) is 0 Å². The van der Waals surface area contributed by atoms with Crippen molar-refractivity contribution in [3.63, 3.8) is 0 Å². The van der Waals surface area contributed by atoms with Crippen LogP contribution in [0.15, 0.2) is 170 Å². The van der Waals surface area contributed by atoms with E-state index in [4.69, 9.17) is 0 Å². The summed E-state index contributed by atoms with van der Waals surface area (Å²) in [7, 11) is 0. The lowest BCUT2D eigenvalue weighted by molar-refractivity contribution is 0.661. The van der Waals surface area contributed by atoms with Gasteiger partial charge in [-0.05, 0) is 106 Å². The Labute approximate surface area is 275 Å². The van der Waals surface area contributed by atoms with Gasteiger partial charge < -0.3 is 9.47 Å². The van der Waals surface area contributed by atoms with Gasteiger partial charge in [-0.3, -0.25) is 0 Å². The molecule has 0 radical (unpaired) electrons. The van der Waals surface area contributed by atoms with Crippen molar-refractivity contribution in [2.24, 2.45) is 0 Å². The van der Waals surface area contributed by atoms with E-state index in [0.29, 0.717) is 0 Å². The number of para-hydroxylation sites is 3. The van der Waals surface area contributed by atoms with Crippen molar-refractivity contribution in [1.29, 1.82) is 0 Å². The van der Waals surface area contributed by atoms with Gasteiger partial charge in [0.05, 0.1) is 11.0 Å². The molecule has 1 aliphatic rings. The summed E-state index contributed by atoms with van der Waals surface area (Å²) in [6.07, 6.45) is 0. The summed E-state index contributed by atoms with van der Waals surface area (Å²) in [5.41, 5.74) is 14.8. The van der Waals surface area contributed by atoms with E-state index < -0.39 is 0 Å². The fraction of sp³-hybridized carbons (Fsp3) is 0.0667. The maximum atomic E-state index is 2.46. The summed E-state index contributed by atoms with van der Waals surface area (Å²) >= 11 is 0. The molecule has 2 nitrogen and oxygen atoms in total. The Kier molecular flexibility index (Phi) is 6.20.